The van der Waals surface area contributed by atoms with Crippen LogP contribution < -0.4 is 4.74 Å². The predicted molar refractivity (Wildman–Crippen MR) is 74.4 cm³/mol. The third-order valence-electron chi connectivity index (χ3n) is 3.19. The molecule has 5 heteroatoms. The van der Waals surface area contributed by atoms with Crippen LogP contribution in [0.2, 0.25) is 0 Å². The molecule has 1 atom stereocenters. The smallest absolute Gasteiger partial charge is 0.328 e. The summed E-state index contributed by atoms with van der Waals surface area (Å²) in [5.74, 6) is -0.168. The Labute approximate surface area is 117 Å². The fraction of sp³-hybridized carbons (Fsp3) is 0.333. The number of carboxylic acids is 1. The molecule has 0 spiro atoms. The van der Waals surface area contributed by atoms with Gasteiger partial charge in [-0.25, -0.2) is 4.79 Å². The van der Waals surface area contributed by atoms with Gasteiger partial charge in [0.25, 0.3) is 0 Å². The molecule has 1 fully saturated rings. The maximum absolute atomic E-state index is 11.2. The highest BCUT2D eigenvalue weighted by Crippen LogP contribution is 2.19. The first kappa shape index (κ1) is 14.1. The molecule has 5 nitrogen and oxygen atoms in total. The summed E-state index contributed by atoms with van der Waals surface area (Å²) in [4.78, 5) is 23.4. The van der Waals surface area contributed by atoms with Gasteiger partial charge in [-0.3, -0.25) is 4.79 Å². The number of ether oxygens (including phenoxy) is 1. The predicted octanol–water partition coefficient (Wildman–Crippen LogP) is 1.78. The number of aliphatic carboxylic acids is 1. The summed E-state index contributed by atoms with van der Waals surface area (Å²) in [6.45, 7) is 2.92. The van der Waals surface area contributed by atoms with Crippen molar-refractivity contribution in [2.75, 3.05) is 13.1 Å². The van der Waals surface area contributed by atoms with Crippen LogP contribution >= 0.6 is 0 Å². The minimum Gasteiger partial charge on any atom is -0.489 e. The minimum absolute atomic E-state index is 0.0271. The van der Waals surface area contributed by atoms with Crippen molar-refractivity contribution >= 4 is 18.0 Å². The van der Waals surface area contributed by atoms with Crippen LogP contribution in [0.5, 0.6) is 5.75 Å². The van der Waals surface area contributed by atoms with Crippen molar-refractivity contribution in [1.82, 2.24) is 4.90 Å². The van der Waals surface area contributed by atoms with Crippen LogP contribution in [-0.4, -0.2) is 41.1 Å². The number of likely N-dealkylation sites (tertiary alicyclic amines) is 1. The molecule has 1 N–H and O–H groups in total. The molecule has 1 aromatic carbocycles. The van der Waals surface area contributed by atoms with Gasteiger partial charge in [-0.1, -0.05) is 12.1 Å². The molecule has 106 valence electrons. The van der Waals surface area contributed by atoms with Crippen molar-refractivity contribution in [1.29, 1.82) is 0 Å². The van der Waals surface area contributed by atoms with Gasteiger partial charge in [-0.15, -0.1) is 0 Å². The Morgan fingerprint density at radius 2 is 2.05 bits per heavy atom. The molecule has 0 radical (unpaired) electrons. The second kappa shape index (κ2) is 6.23. The highest BCUT2D eigenvalue weighted by atomic mass is 16.5. The van der Waals surface area contributed by atoms with Gasteiger partial charge in [0.1, 0.15) is 11.9 Å². The summed E-state index contributed by atoms with van der Waals surface area (Å²) in [6.07, 6.45) is 3.48. The van der Waals surface area contributed by atoms with Crippen LogP contribution in [0.25, 0.3) is 6.08 Å². The van der Waals surface area contributed by atoms with Crippen molar-refractivity contribution in [3.8, 4) is 5.75 Å². The molecular formula is C15H17NO4. The van der Waals surface area contributed by atoms with E-state index in [0.29, 0.717) is 6.54 Å². The lowest BCUT2D eigenvalue weighted by molar-refractivity contribution is -0.131. The van der Waals surface area contributed by atoms with E-state index in [9.17, 15) is 9.59 Å². The minimum atomic E-state index is -0.972. The molecule has 0 aliphatic carbocycles. The van der Waals surface area contributed by atoms with E-state index in [1.807, 2.05) is 0 Å². The van der Waals surface area contributed by atoms with Gasteiger partial charge in [-0.05, 0) is 23.8 Å². The molecule has 1 aliphatic rings. The van der Waals surface area contributed by atoms with E-state index in [4.69, 9.17) is 9.84 Å². The Morgan fingerprint density at radius 1 is 1.35 bits per heavy atom. The fourth-order valence-electron chi connectivity index (χ4n) is 2.13. The first-order valence-corrected chi connectivity index (χ1v) is 6.48. The monoisotopic (exact) mass is 275 g/mol. The second-order valence-electron chi connectivity index (χ2n) is 4.73. The summed E-state index contributed by atoms with van der Waals surface area (Å²) in [5, 5.41) is 8.55. The van der Waals surface area contributed by atoms with Crippen molar-refractivity contribution in [2.24, 2.45) is 0 Å². The SMILES string of the molecule is CC(=O)N1CC[C@H](Oc2ccc(/C=C/C(=O)O)cc2)C1. The van der Waals surface area contributed by atoms with Crippen molar-refractivity contribution < 1.29 is 19.4 Å². The lowest BCUT2D eigenvalue weighted by Gasteiger charge is -2.15. The number of rotatable bonds is 4. The van der Waals surface area contributed by atoms with E-state index in [1.165, 1.54) is 6.08 Å². The number of benzene rings is 1. The van der Waals surface area contributed by atoms with E-state index >= 15 is 0 Å². The van der Waals surface area contributed by atoms with Gasteiger partial charge in [0.05, 0.1) is 6.54 Å². The second-order valence-corrected chi connectivity index (χ2v) is 4.73. The van der Waals surface area contributed by atoms with Crippen LogP contribution in [0.3, 0.4) is 0 Å². The van der Waals surface area contributed by atoms with Gasteiger partial charge in [-0.2, -0.15) is 0 Å². The summed E-state index contributed by atoms with van der Waals surface area (Å²) in [6, 6.07) is 7.20. The first-order chi connectivity index (χ1) is 9.54. The summed E-state index contributed by atoms with van der Waals surface area (Å²) >= 11 is 0. The lowest BCUT2D eigenvalue weighted by Crippen LogP contribution is -2.28. The van der Waals surface area contributed by atoms with E-state index in [1.54, 1.807) is 36.1 Å². The zero-order valence-electron chi connectivity index (χ0n) is 11.3. The number of hydrogen-bond acceptors (Lipinski definition) is 3. The highest BCUT2D eigenvalue weighted by molar-refractivity contribution is 5.85. The largest absolute Gasteiger partial charge is 0.489 e. The number of carbonyl (C=O) groups excluding carboxylic acids is 1. The maximum atomic E-state index is 11.2. The molecule has 1 saturated heterocycles. The molecule has 2 rings (SSSR count). The van der Waals surface area contributed by atoms with E-state index in [0.717, 1.165) is 30.4 Å². The Kier molecular flexibility index (Phi) is 4.40. The highest BCUT2D eigenvalue weighted by Gasteiger charge is 2.25. The third-order valence-corrected chi connectivity index (χ3v) is 3.19. The molecule has 1 amide bonds. The number of carbonyl (C=O) groups is 2. The quantitative estimate of drug-likeness (QED) is 0.851. The lowest BCUT2D eigenvalue weighted by atomic mass is 10.2. The van der Waals surface area contributed by atoms with Crippen LogP contribution in [0.1, 0.15) is 18.9 Å². The normalized spacial score (nSPS) is 18.4. The number of amides is 1. The summed E-state index contributed by atoms with van der Waals surface area (Å²) < 4.78 is 5.80. The van der Waals surface area contributed by atoms with Gasteiger partial charge >= 0.3 is 5.97 Å². The Bertz CT molecular complexity index is 521. The molecular weight excluding hydrogens is 258 g/mol. The molecule has 20 heavy (non-hydrogen) atoms. The zero-order chi connectivity index (χ0) is 14.5. The fourth-order valence-corrected chi connectivity index (χ4v) is 2.13. The number of carboxylic acid groups (broad SMARTS) is 1. The first-order valence-electron chi connectivity index (χ1n) is 6.48. The number of nitrogens with zero attached hydrogens (tertiary/aromatic N) is 1. The van der Waals surface area contributed by atoms with E-state index in [2.05, 4.69) is 0 Å². The van der Waals surface area contributed by atoms with Crippen LogP contribution in [-0.2, 0) is 9.59 Å². The van der Waals surface area contributed by atoms with Crippen molar-refractivity contribution in [3.05, 3.63) is 35.9 Å². The Balaban J connectivity index is 1.91. The third kappa shape index (κ3) is 3.85. The van der Waals surface area contributed by atoms with Gasteiger partial charge in [0, 0.05) is 26.0 Å². The molecule has 0 aromatic heterocycles. The van der Waals surface area contributed by atoms with Crippen molar-refractivity contribution in [3.63, 3.8) is 0 Å². The van der Waals surface area contributed by atoms with E-state index in [-0.39, 0.29) is 12.0 Å². The molecule has 1 aromatic rings. The van der Waals surface area contributed by atoms with Crippen LogP contribution in [0.15, 0.2) is 30.3 Å². The molecule has 0 saturated carbocycles. The Morgan fingerprint density at radius 3 is 2.60 bits per heavy atom. The molecule has 1 aliphatic heterocycles. The molecule has 0 unspecified atom stereocenters. The maximum Gasteiger partial charge on any atom is 0.328 e. The van der Waals surface area contributed by atoms with Gasteiger partial charge in [0.2, 0.25) is 5.91 Å². The van der Waals surface area contributed by atoms with Crippen LogP contribution in [0, 0.1) is 0 Å². The summed E-state index contributed by atoms with van der Waals surface area (Å²) in [5.41, 5.74) is 0.802. The average molecular weight is 275 g/mol. The topological polar surface area (TPSA) is 66.8 Å². The van der Waals surface area contributed by atoms with Crippen molar-refractivity contribution in [2.45, 2.75) is 19.4 Å². The van der Waals surface area contributed by atoms with Gasteiger partial charge in [0.15, 0.2) is 0 Å². The number of hydrogen-bond donors (Lipinski definition) is 1. The Hall–Kier alpha value is -2.30. The van der Waals surface area contributed by atoms with E-state index < -0.39 is 5.97 Å². The molecule has 0 bridgehead atoms. The molecule has 1 heterocycles. The summed E-state index contributed by atoms with van der Waals surface area (Å²) in [7, 11) is 0. The standard InChI is InChI=1S/C15H17NO4/c1-11(17)16-9-8-14(10-16)20-13-5-2-12(3-6-13)4-7-15(18)19/h2-7,14H,8-10H2,1H3,(H,18,19)/b7-4+/t14-/m0/s1. The van der Waals surface area contributed by atoms with Crippen LogP contribution in [0.4, 0.5) is 0 Å². The average Bonchev–Trinajstić information content (AvgIpc) is 2.86. The zero-order valence-corrected chi connectivity index (χ0v) is 11.3. The van der Waals surface area contributed by atoms with Gasteiger partial charge < -0.3 is 14.7 Å².